The van der Waals surface area contributed by atoms with E-state index in [2.05, 4.69) is 21.2 Å². The molecule has 1 aromatic carbocycles. The zero-order valence-corrected chi connectivity index (χ0v) is 9.85. The number of alkyl halides is 3. The topological polar surface area (TPSA) is 35.8 Å². The highest BCUT2D eigenvalue weighted by molar-refractivity contribution is 9.10. The number of rotatable bonds is 2. The molecule has 0 fully saturated rings. The quantitative estimate of drug-likeness (QED) is 0.902. The fourth-order valence-electron chi connectivity index (χ4n) is 0.984. The summed E-state index contributed by atoms with van der Waals surface area (Å²) in [4.78, 5) is 0. The van der Waals surface area contributed by atoms with Gasteiger partial charge in [-0.2, -0.15) is 18.4 Å². The Balaban J connectivity index is 2.95. The van der Waals surface area contributed by atoms with Crippen molar-refractivity contribution in [1.29, 1.82) is 5.26 Å². The molecular weight excluding hydrogens is 285 g/mol. The molecule has 0 aliphatic rings. The van der Waals surface area contributed by atoms with E-state index >= 15 is 0 Å². The van der Waals surface area contributed by atoms with Gasteiger partial charge in [-0.15, -0.1) is 0 Å². The first-order valence-corrected chi connectivity index (χ1v) is 5.09. The lowest BCUT2D eigenvalue weighted by Crippen LogP contribution is -2.47. The molecule has 6 heteroatoms. The predicted octanol–water partition coefficient (Wildman–Crippen LogP) is 3.71. The second kappa shape index (κ2) is 4.34. The molecule has 2 nitrogen and oxygen atoms in total. The fourth-order valence-corrected chi connectivity index (χ4v) is 1.25. The third-order valence-electron chi connectivity index (χ3n) is 2.03. The summed E-state index contributed by atoms with van der Waals surface area (Å²) < 4.78 is 38.5. The molecule has 16 heavy (non-hydrogen) atoms. The third kappa shape index (κ3) is 2.67. The molecular formula is C10H8BrF3N2. The normalized spacial score (nSPS) is 15.0. The largest absolute Gasteiger partial charge is 0.424 e. The number of hydrogen-bond acceptors (Lipinski definition) is 2. The minimum absolute atomic E-state index is 0.240. The average Bonchev–Trinajstić information content (AvgIpc) is 2.19. The summed E-state index contributed by atoms with van der Waals surface area (Å²) in [7, 11) is 0. The number of benzene rings is 1. The van der Waals surface area contributed by atoms with Gasteiger partial charge >= 0.3 is 6.18 Å². The van der Waals surface area contributed by atoms with Crippen LogP contribution < -0.4 is 5.32 Å². The lowest BCUT2D eigenvalue weighted by atomic mass is 10.0. The molecule has 0 aromatic heterocycles. The van der Waals surface area contributed by atoms with Gasteiger partial charge in [0.15, 0.2) is 0 Å². The molecule has 0 saturated carbocycles. The summed E-state index contributed by atoms with van der Waals surface area (Å²) in [6.45, 7) is 0.801. The second-order valence-corrected chi connectivity index (χ2v) is 4.28. The van der Waals surface area contributed by atoms with E-state index in [4.69, 9.17) is 5.26 Å². The molecule has 0 aliphatic heterocycles. The Morgan fingerprint density at radius 3 is 2.12 bits per heavy atom. The van der Waals surface area contributed by atoms with Crippen molar-refractivity contribution in [2.75, 3.05) is 5.32 Å². The van der Waals surface area contributed by atoms with Crippen LogP contribution in [0, 0.1) is 11.3 Å². The second-order valence-electron chi connectivity index (χ2n) is 3.37. The molecule has 0 radical (unpaired) electrons. The number of nitrogens with one attached hydrogen (secondary N) is 1. The van der Waals surface area contributed by atoms with Crippen molar-refractivity contribution in [1.82, 2.24) is 0 Å². The van der Waals surface area contributed by atoms with Crippen molar-refractivity contribution in [3.8, 4) is 6.07 Å². The summed E-state index contributed by atoms with van der Waals surface area (Å²) in [5.74, 6) is 0. The Bertz CT molecular complexity index is 408. The molecule has 0 aliphatic carbocycles. The van der Waals surface area contributed by atoms with E-state index in [1.54, 1.807) is 12.1 Å². The van der Waals surface area contributed by atoms with E-state index in [0.29, 0.717) is 0 Å². The third-order valence-corrected chi connectivity index (χ3v) is 2.56. The number of hydrogen-bond donors (Lipinski definition) is 1. The monoisotopic (exact) mass is 292 g/mol. The van der Waals surface area contributed by atoms with Gasteiger partial charge in [-0.1, -0.05) is 15.9 Å². The number of nitriles is 1. The Hall–Kier alpha value is -1.22. The highest BCUT2D eigenvalue weighted by Crippen LogP contribution is 2.32. The highest BCUT2D eigenvalue weighted by atomic mass is 79.9. The molecule has 1 aromatic rings. The Morgan fingerprint density at radius 1 is 1.25 bits per heavy atom. The summed E-state index contributed by atoms with van der Waals surface area (Å²) >= 11 is 3.17. The Labute approximate surface area is 99.2 Å². The van der Waals surface area contributed by atoms with Gasteiger partial charge in [0, 0.05) is 10.2 Å². The molecule has 0 spiro atoms. The number of halogens is 4. The molecule has 0 amide bonds. The summed E-state index contributed by atoms with van der Waals surface area (Å²) in [6, 6.07) is 7.35. The first-order chi connectivity index (χ1) is 7.28. The van der Waals surface area contributed by atoms with Crippen LogP contribution in [0.5, 0.6) is 0 Å². The van der Waals surface area contributed by atoms with Crippen molar-refractivity contribution >= 4 is 21.6 Å². The highest BCUT2D eigenvalue weighted by Gasteiger charge is 2.52. The molecule has 0 bridgehead atoms. The molecule has 1 unspecified atom stereocenters. The molecule has 0 heterocycles. The molecule has 0 saturated heterocycles. The maximum Gasteiger partial charge on any atom is 0.424 e. The van der Waals surface area contributed by atoms with Crippen molar-refractivity contribution in [3.63, 3.8) is 0 Å². The van der Waals surface area contributed by atoms with E-state index in [-0.39, 0.29) is 5.69 Å². The van der Waals surface area contributed by atoms with Crippen LogP contribution in [0.2, 0.25) is 0 Å². The first-order valence-electron chi connectivity index (χ1n) is 4.30. The maximum absolute atomic E-state index is 12.6. The van der Waals surface area contributed by atoms with Crippen molar-refractivity contribution in [2.24, 2.45) is 0 Å². The van der Waals surface area contributed by atoms with Gasteiger partial charge in [0.1, 0.15) is 6.07 Å². The van der Waals surface area contributed by atoms with Gasteiger partial charge in [-0.3, -0.25) is 0 Å². The number of nitrogens with zero attached hydrogens (tertiary/aromatic N) is 1. The van der Waals surface area contributed by atoms with E-state index < -0.39 is 11.7 Å². The van der Waals surface area contributed by atoms with Gasteiger partial charge in [0.2, 0.25) is 5.54 Å². The molecule has 86 valence electrons. The number of anilines is 1. The van der Waals surface area contributed by atoms with Crippen LogP contribution in [0.4, 0.5) is 18.9 Å². The van der Waals surface area contributed by atoms with E-state index in [1.165, 1.54) is 18.2 Å². The molecule has 1 rings (SSSR count). The van der Waals surface area contributed by atoms with Gasteiger partial charge in [0.25, 0.3) is 0 Å². The van der Waals surface area contributed by atoms with Crippen molar-refractivity contribution in [2.45, 2.75) is 18.6 Å². The van der Waals surface area contributed by atoms with Crippen molar-refractivity contribution in [3.05, 3.63) is 28.7 Å². The van der Waals surface area contributed by atoms with Crippen LogP contribution in [0.1, 0.15) is 6.92 Å². The maximum atomic E-state index is 12.6. The van der Waals surface area contributed by atoms with E-state index in [9.17, 15) is 13.2 Å². The lowest BCUT2D eigenvalue weighted by molar-refractivity contribution is -0.158. The lowest BCUT2D eigenvalue weighted by Gasteiger charge is -2.26. The zero-order chi connectivity index (χ0) is 12.4. The van der Waals surface area contributed by atoms with Gasteiger partial charge in [-0.05, 0) is 31.2 Å². The Morgan fingerprint density at radius 2 is 1.75 bits per heavy atom. The average molecular weight is 293 g/mol. The van der Waals surface area contributed by atoms with Crippen LogP contribution in [-0.2, 0) is 0 Å². The van der Waals surface area contributed by atoms with Crippen LogP contribution in [-0.4, -0.2) is 11.7 Å². The molecule has 1 N–H and O–H groups in total. The van der Waals surface area contributed by atoms with E-state index in [0.717, 1.165) is 11.4 Å². The van der Waals surface area contributed by atoms with Gasteiger partial charge < -0.3 is 5.32 Å². The minimum atomic E-state index is -4.63. The summed E-state index contributed by atoms with van der Waals surface area (Å²) in [6.07, 6.45) is -4.63. The smallest absolute Gasteiger partial charge is 0.360 e. The van der Waals surface area contributed by atoms with Gasteiger partial charge in [-0.25, -0.2) is 0 Å². The summed E-state index contributed by atoms with van der Waals surface area (Å²) in [5, 5.41) is 10.8. The SMILES string of the molecule is CC(C#N)(Nc1ccc(Br)cc1)C(F)(F)F. The van der Waals surface area contributed by atoms with Gasteiger partial charge in [0.05, 0.1) is 0 Å². The Kier molecular flexibility index (Phi) is 3.48. The predicted molar refractivity (Wildman–Crippen MR) is 57.8 cm³/mol. The van der Waals surface area contributed by atoms with E-state index in [1.807, 2.05) is 0 Å². The van der Waals surface area contributed by atoms with Crippen LogP contribution in [0.3, 0.4) is 0 Å². The zero-order valence-electron chi connectivity index (χ0n) is 8.27. The molecule has 1 atom stereocenters. The van der Waals surface area contributed by atoms with Crippen LogP contribution in [0.25, 0.3) is 0 Å². The van der Waals surface area contributed by atoms with Crippen LogP contribution >= 0.6 is 15.9 Å². The first kappa shape index (κ1) is 12.8. The summed E-state index contributed by atoms with van der Waals surface area (Å²) in [5.41, 5.74) is -2.34. The van der Waals surface area contributed by atoms with Crippen molar-refractivity contribution < 1.29 is 13.2 Å². The standard InChI is InChI=1S/C10H8BrF3N2/c1-9(6-15,10(12,13)14)16-8-4-2-7(11)3-5-8/h2-5,16H,1H3. The minimum Gasteiger partial charge on any atom is -0.360 e. The fraction of sp³-hybridized carbons (Fsp3) is 0.300. The van der Waals surface area contributed by atoms with Crippen LogP contribution in [0.15, 0.2) is 28.7 Å².